The molecule has 1 N–H and O–H groups in total. The van der Waals surface area contributed by atoms with Crippen molar-refractivity contribution >= 4 is 5.97 Å². The number of hydrogen-bond donors (Lipinski definition) is 1. The quantitative estimate of drug-likeness (QED) is 0.621. The second kappa shape index (κ2) is 4.37. The molecule has 1 fully saturated rings. The van der Waals surface area contributed by atoms with E-state index in [9.17, 15) is 4.79 Å². The third-order valence-corrected chi connectivity index (χ3v) is 2.48. The standard InChI is InChI=1S/C9H16O2/c10-9(11)7-2-1-4-8-5-3-6-8/h8H,1-7H2,(H,10,11). The van der Waals surface area contributed by atoms with E-state index in [1.165, 1.54) is 25.7 Å². The van der Waals surface area contributed by atoms with E-state index in [0.29, 0.717) is 6.42 Å². The number of hydrogen-bond acceptors (Lipinski definition) is 1. The molecule has 0 saturated heterocycles. The minimum Gasteiger partial charge on any atom is -0.481 e. The van der Waals surface area contributed by atoms with E-state index in [1.807, 2.05) is 0 Å². The fourth-order valence-electron chi connectivity index (χ4n) is 1.49. The minimum absolute atomic E-state index is 0.354. The molecule has 64 valence electrons. The van der Waals surface area contributed by atoms with Gasteiger partial charge in [0.15, 0.2) is 0 Å². The zero-order chi connectivity index (χ0) is 8.10. The van der Waals surface area contributed by atoms with E-state index < -0.39 is 5.97 Å². The average Bonchev–Trinajstić information content (AvgIpc) is 1.82. The summed E-state index contributed by atoms with van der Waals surface area (Å²) in [7, 11) is 0. The molecule has 11 heavy (non-hydrogen) atoms. The Morgan fingerprint density at radius 1 is 1.36 bits per heavy atom. The van der Waals surface area contributed by atoms with Gasteiger partial charge in [-0.2, -0.15) is 0 Å². The van der Waals surface area contributed by atoms with E-state index in [1.54, 1.807) is 0 Å². The van der Waals surface area contributed by atoms with Crippen molar-refractivity contribution in [1.29, 1.82) is 0 Å². The van der Waals surface area contributed by atoms with Crippen molar-refractivity contribution in [3.63, 3.8) is 0 Å². The summed E-state index contributed by atoms with van der Waals surface area (Å²) in [5.41, 5.74) is 0. The summed E-state index contributed by atoms with van der Waals surface area (Å²) in [6.07, 6.45) is 7.74. The van der Waals surface area contributed by atoms with Crippen LogP contribution in [0.3, 0.4) is 0 Å². The zero-order valence-corrected chi connectivity index (χ0v) is 6.88. The average molecular weight is 156 g/mol. The topological polar surface area (TPSA) is 37.3 Å². The maximum Gasteiger partial charge on any atom is 0.303 e. The highest BCUT2D eigenvalue weighted by atomic mass is 16.4. The van der Waals surface area contributed by atoms with Crippen molar-refractivity contribution in [1.82, 2.24) is 0 Å². The third kappa shape index (κ3) is 3.40. The van der Waals surface area contributed by atoms with Crippen LogP contribution in [-0.2, 0) is 4.79 Å². The monoisotopic (exact) mass is 156 g/mol. The summed E-state index contributed by atoms with van der Waals surface area (Å²) in [6.45, 7) is 0. The van der Waals surface area contributed by atoms with Crippen LogP contribution in [0.1, 0.15) is 44.9 Å². The molecule has 0 aromatic carbocycles. The van der Waals surface area contributed by atoms with Gasteiger partial charge < -0.3 is 5.11 Å². The first kappa shape index (κ1) is 8.57. The van der Waals surface area contributed by atoms with Crippen molar-refractivity contribution in [2.24, 2.45) is 5.92 Å². The van der Waals surface area contributed by atoms with Gasteiger partial charge in [-0.15, -0.1) is 0 Å². The lowest BCUT2D eigenvalue weighted by Gasteiger charge is -2.24. The first-order valence-corrected chi connectivity index (χ1v) is 4.51. The molecule has 0 aromatic heterocycles. The van der Waals surface area contributed by atoms with Gasteiger partial charge in [0, 0.05) is 6.42 Å². The van der Waals surface area contributed by atoms with Crippen molar-refractivity contribution < 1.29 is 9.90 Å². The Labute approximate surface area is 67.6 Å². The van der Waals surface area contributed by atoms with Crippen LogP contribution in [0.15, 0.2) is 0 Å². The van der Waals surface area contributed by atoms with Gasteiger partial charge in [-0.1, -0.05) is 32.1 Å². The second-order valence-corrected chi connectivity index (χ2v) is 3.44. The Morgan fingerprint density at radius 3 is 2.55 bits per heavy atom. The highest BCUT2D eigenvalue weighted by Crippen LogP contribution is 2.30. The zero-order valence-electron chi connectivity index (χ0n) is 6.88. The van der Waals surface area contributed by atoms with Crippen LogP contribution >= 0.6 is 0 Å². The molecule has 0 aromatic rings. The number of rotatable bonds is 5. The SMILES string of the molecule is O=C(O)CCCCC1CCC1. The van der Waals surface area contributed by atoms with E-state index >= 15 is 0 Å². The van der Waals surface area contributed by atoms with Crippen LogP contribution in [0.2, 0.25) is 0 Å². The van der Waals surface area contributed by atoms with E-state index in [0.717, 1.165) is 18.8 Å². The number of unbranched alkanes of at least 4 members (excludes halogenated alkanes) is 1. The Morgan fingerprint density at radius 2 is 2.09 bits per heavy atom. The molecule has 0 atom stereocenters. The molecule has 0 bridgehead atoms. The molecule has 2 nitrogen and oxygen atoms in total. The largest absolute Gasteiger partial charge is 0.481 e. The van der Waals surface area contributed by atoms with Crippen LogP contribution in [0.4, 0.5) is 0 Å². The van der Waals surface area contributed by atoms with Crippen LogP contribution in [-0.4, -0.2) is 11.1 Å². The molecule has 1 aliphatic rings. The Hall–Kier alpha value is -0.530. The summed E-state index contributed by atoms with van der Waals surface area (Å²) in [5.74, 6) is 0.280. The van der Waals surface area contributed by atoms with Gasteiger partial charge in [-0.05, 0) is 12.3 Å². The molecule has 0 heterocycles. The summed E-state index contributed by atoms with van der Waals surface area (Å²) in [6, 6.07) is 0. The maximum absolute atomic E-state index is 10.1. The van der Waals surface area contributed by atoms with Crippen molar-refractivity contribution in [2.45, 2.75) is 44.9 Å². The molecule has 1 saturated carbocycles. The van der Waals surface area contributed by atoms with Gasteiger partial charge >= 0.3 is 5.97 Å². The number of carboxylic acids is 1. The minimum atomic E-state index is -0.654. The highest BCUT2D eigenvalue weighted by molar-refractivity contribution is 5.66. The van der Waals surface area contributed by atoms with E-state index in [-0.39, 0.29) is 0 Å². The Bertz CT molecular complexity index is 128. The number of carboxylic acid groups (broad SMARTS) is 1. The van der Waals surface area contributed by atoms with Gasteiger partial charge in [-0.3, -0.25) is 4.79 Å². The molecular weight excluding hydrogens is 140 g/mol. The molecule has 2 heteroatoms. The fourth-order valence-corrected chi connectivity index (χ4v) is 1.49. The maximum atomic E-state index is 10.1. The highest BCUT2D eigenvalue weighted by Gasteiger charge is 2.16. The summed E-state index contributed by atoms with van der Waals surface area (Å²) < 4.78 is 0. The molecule has 0 spiro atoms. The Balaban J connectivity index is 1.83. The van der Waals surface area contributed by atoms with E-state index in [2.05, 4.69) is 0 Å². The number of carbonyl (C=O) groups is 1. The fraction of sp³-hybridized carbons (Fsp3) is 0.889. The first-order valence-electron chi connectivity index (χ1n) is 4.51. The van der Waals surface area contributed by atoms with Crippen LogP contribution in [0.5, 0.6) is 0 Å². The van der Waals surface area contributed by atoms with Gasteiger partial charge in [0.05, 0.1) is 0 Å². The summed E-state index contributed by atoms with van der Waals surface area (Å²) >= 11 is 0. The molecule has 0 radical (unpaired) electrons. The van der Waals surface area contributed by atoms with Gasteiger partial charge in [-0.25, -0.2) is 0 Å². The molecule has 0 unspecified atom stereocenters. The smallest absolute Gasteiger partial charge is 0.303 e. The lowest BCUT2D eigenvalue weighted by Crippen LogP contribution is -2.10. The third-order valence-electron chi connectivity index (χ3n) is 2.48. The molecule has 1 aliphatic carbocycles. The van der Waals surface area contributed by atoms with Crippen molar-refractivity contribution in [3.05, 3.63) is 0 Å². The molecule has 0 aliphatic heterocycles. The first-order chi connectivity index (χ1) is 5.29. The number of aliphatic carboxylic acids is 1. The normalized spacial score (nSPS) is 17.8. The van der Waals surface area contributed by atoms with Crippen molar-refractivity contribution in [2.75, 3.05) is 0 Å². The van der Waals surface area contributed by atoms with Crippen LogP contribution < -0.4 is 0 Å². The van der Waals surface area contributed by atoms with Crippen LogP contribution in [0, 0.1) is 5.92 Å². The molecule has 0 amide bonds. The van der Waals surface area contributed by atoms with Gasteiger partial charge in [0.2, 0.25) is 0 Å². The predicted molar refractivity (Wildman–Crippen MR) is 43.4 cm³/mol. The van der Waals surface area contributed by atoms with E-state index in [4.69, 9.17) is 5.11 Å². The lowest BCUT2D eigenvalue weighted by molar-refractivity contribution is -0.137. The van der Waals surface area contributed by atoms with Gasteiger partial charge in [0.25, 0.3) is 0 Å². The lowest BCUT2D eigenvalue weighted by atomic mass is 9.82. The summed E-state index contributed by atoms with van der Waals surface area (Å²) in [4.78, 5) is 10.1. The Kier molecular flexibility index (Phi) is 3.40. The predicted octanol–water partition coefficient (Wildman–Crippen LogP) is 2.43. The molecular formula is C9H16O2. The molecule has 1 rings (SSSR count). The van der Waals surface area contributed by atoms with Gasteiger partial charge in [0.1, 0.15) is 0 Å². The summed E-state index contributed by atoms with van der Waals surface area (Å²) in [5, 5.41) is 8.35. The van der Waals surface area contributed by atoms with Crippen LogP contribution in [0.25, 0.3) is 0 Å². The second-order valence-electron chi connectivity index (χ2n) is 3.44. The van der Waals surface area contributed by atoms with Crippen molar-refractivity contribution in [3.8, 4) is 0 Å².